The number of piperidine rings is 1. The van der Waals surface area contributed by atoms with Gasteiger partial charge in [0.25, 0.3) is 6.47 Å². The van der Waals surface area contributed by atoms with Crippen LogP contribution in [0.25, 0.3) is 0 Å². The molecule has 1 saturated heterocycles. The minimum atomic E-state index is -3.89. The van der Waals surface area contributed by atoms with Crippen molar-refractivity contribution in [2.24, 2.45) is 0 Å². The van der Waals surface area contributed by atoms with Crippen LogP contribution in [0.3, 0.4) is 0 Å². The van der Waals surface area contributed by atoms with Gasteiger partial charge in [0.15, 0.2) is 5.75 Å². The van der Waals surface area contributed by atoms with Gasteiger partial charge < -0.3 is 24.4 Å². The molecular formula is C20H31NO9S. The molecule has 1 heterocycles. The summed E-state index contributed by atoms with van der Waals surface area (Å²) in [5.41, 5.74) is -1.10. The number of rotatable bonds is 5. The summed E-state index contributed by atoms with van der Waals surface area (Å²) in [6, 6.07) is 2.09. The second-order valence-corrected chi connectivity index (χ2v) is 9.22. The van der Waals surface area contributed by atoms with Gasteiger partial charge in [0.1, 0.15) is 11.2 Å². The Balaban J connectivity index is 0.000000562. The highest BCUT2D eigenvalue weighted by atomic mass is 32.2. The highest BCUT2D eigenvalue weighted by molar-refractivity contribution is 7.86. The van der Waals surface area contributed by atoms with E-state index in [4.69, 9.17) is 10.2 Å². The third-order valence-corrected chi connectivity index (χ3v) is 4.20. The molecule has 0 saturated carbocycles. The van der Waals surface area contributed by atoms with Gasteiger partial charge in [0.2, 0.25) is 0 Å². The zero-order chi connectivity index (χ0) is 24.2. The average Bonchev–Trinajstić information content (AvgIpc) is 2.61. The van der Waals surface area contributed by atoms with E-state index in [-0.39, 0.29) is 16.7 Å². The van der Waals surface area contributed by atoms with Crippen LogP contribution in [-0.2, 0) is 19.6 Å². The number of hydrogen-bond donors (Lipinski definition) is 3. The fourth-order valence-electron chi connectivity index (χ4n) is 2.36. The molecule has 11 heteroatoms. The van der Waals surface area contributed by atoms with Gasteiger partial charge in [0, 0.05) is 0 Å². The van der Waals surface area contributed by atoms with Crippen molar-refractivity contribution < 1.29 is 41.9 Å². The van der Waals surface area contributed by atoms with Crippen LogP contribution in [-0.4, -0.2) is 62.0 Å². The fourth-order valence-corrected chi connectivity index (χ4v) is 2.83. The molecule has 0 bridgehead atoms. The number of benzene rings is 1. The number of carbonyl (C=O) groups is 3. The molecule has 0 amide bonds. The third kappa shape index (κ3) is 12.6. The van der Waals surface area contributed by atoms with E-state index in [1.807, 2.05) is 20.8 Å². The Morgan fingerprint density at radius 2 is 1.61 bits per heavy atom. The molecule has 0 atom stereocenters. The van der Waals surface area contributed by atoms with Gasteiger partial charge in [-0.3, -0.25) is 4.79 Å². The van der Waals surface area contributed by atoms with Crippen molar-refractivity contribution in [2.45, 2.75) is 52.6 Å². The zero-order valence-corrected chi connectivity index (χ0v) is 19.2. The molecule has 1 aliphatic rings. The summed E-state index contributed by atoms with van der Waals surface area (Å²) in [5, 5.41) is 21.1. The SMILES string of the molecule is C1CCNCC1.CC(C)(C)OC=O.Cc1c(C(=O)O)ccc(OS(C)(=O)=O)c1C(=O)O. The monoisotopic (exact) mass is 461 g/mol. The van der Waals surface area contributed by atoms with Crippen LogP contribution < -0.4 is 9.50 Å². The first-order valence-electron chi connectivity index (χ1n) is 9.51. The normalized spacial score (nSPS) is 13.5. The molecular weight excluding hydrogens is 430 g/mol. The quantitative estimate of drug-likeness (QED) is 0.439. The molecule has 0 radical (unpaired) electrons. The Hall–Kier alpha value is -2.66. The van der Waals surface area contributed by atoms with E-state index in [1.165, 1.54) is 39.3 Å². The average molecular weight is 462 g/mol. The minimum absolute atomic E-state index is 0.0730. The Kier molecular flexibility index (Phi) is 11.8. The third-order valence-electron chi connectivity index (χ3n) is 3.72. The molecule has 2 rings (SSSR count). The Bertz CT molecular complexity index is 843. The summed E-state index contributed by atoms with van der Waals surface area (Å²) < 4.78 is 31.0. The molecule has 1 fully saturated rings. The maximum Gasteiger partial charge on any atom is 0.339 e. The van der Waals surface area contributed by atoms with E-state index < -0.39 is 33.4 Å². The predicted octanol–water partition coefficient (Wildman–Crippen LogP) is 2.45. The van der Waals surface area contributed by atoms with Crippen molar-refractivity contribution in [1.82, 2.24) is 5.32 Å². The molecule has 0 aliphatic carbocycles. The van der Waals surface area contributed by atoms with Crippen LogP contribution in [0.2, 0.25) is 0 Å². The van der Waals surface area contributed by atoms with E-state index in [0.29, 0.717) is 6.47 Å². The number of carboxylic acid groups (broad SMARTS) is 2. The van der Waals surface area contributed by atoms with E-state index in [0.717, 1.165) is 18.4 Å². The van der Waals surface area contributed by atoms with Crippen LogP contribution >= 0.6 is 0 Å². The molecule has 0 unspecified atom stereocenters. The van der Waals surface area contributed by atoms with E-state index in [1.54, 1.807) is 0 Å². The lowest BCUT2D eigenvalue weighted by Crippen LogP contribution is -2.21. The number of carbonyl (C=O) groups excluding carboxylic acids is 1. The number of aromatic carboxylic acids is 2. The lowest BCUT2D eigenvalue weighted by molar-refractivity contribution is -0.138. The summed E-state index contributed by atoms with van der Waals surface area (Å²) in [4.78, 5) is 31.5. The summed E-state index contributed by atoms with van der Waals surface area (Å²) >= 11 is 0. The smallest absolute Gasteiger partial charge is 0.339 e. The summed E-state index contributed by atoms with van der Waals surface area (Å²) in [6.07, 6.45) is 4.98. The van der Waals surface area contributed by atoms with Crippen LogP contribution in [0, 0.1) is 6.92 Å². The molecule has 0 spiro atoms. The van der Waals surface area contributed by atoms with Gasteiger partial charge in [-0.25, -0.2) is 9.59 Å². The molecule has 10 nitrogen and oxygen atoms in total. The van der Waals surface area contributed by atoms with Crippen molar-refractivity contribution >= 4 is 28.5 Å². The van der Waals surface area contributed by atoms with Gasteiger partial charge in [-0.2, -0.15) is 8.42 Å². The largest absolute Gasteiger partial charge is 0.478 e. The molecule has 31 heavy (non-hydrogen) atoms. The van der Waals surface area contributed by atoms with Crippen LogP contribution in [0.1, 0.15) is 66.3 Å². The van der Waals surface area contributed by atoms with Crippen LogP contribution in [0.15, 0.2) is 12.1 Å². The highest BCUT2D eigenvalue weighted by Gasteiger charge is 2.22. The maximum atomic E-state index is 11.0. The molecule has 1 aromatic rings. The Morgan fingerprint density at radius 3 is 1.87 bits per heavy atom. The maximum absolute atomic E-state index is 11.0. The Labute approximate surface area is 182 Å². The van der Waals surface area contributed by atoms with Crippen LogP contribution in [0.4, 0.5) is 0 Å². The Morgan fingerprint density at radius 1 is 1.06 bits per heavy atom. The second kappa shape index (κ2) is 12.9. The van der Waals surface area contributed by atoms with Crippen molar-refractivity contribution in [3.8, 4) is 5.75 Å². The molecule has 3 N–H and O–H groups in total. The van der Waals surface area contributed by atoms with E-state index in [9.17, 15) is 22.8 Å². The number of ether oxygens (including phenoxy) is 1. The summed E-state index contributed by atoms with van der Waals surface area (Å²) in [5.74, 6) is -3.18. The van der Waals surface area contributed by atoms with Crippen molar-refractivity contribution in [3.05, 3.63) is 28.8 Å². The number of hydrogen-bond acceptors (Lipinski definition) is 8. The molecule has 1 aliphatic heterocycles. The van der Waals surface area contributed by atoms with Gasteiger partial charge in [0.05, 0.1) is 11.8 Å². The summed E-state index contributed by atoms with van der Waals surface area (Å²) in [6.45, 7) is 9.69. The molecule has 0 aromatic heterocycles. The van der Waals surface area contributed by atoms with Crippen molar-refractivity contribution in [3.63, 3.8) is 0 Å². The van der Waals surface area contributed by atoms with E-state index >= 15 is 0 Å². The van der Waals surface area contributed by atoms with Gasteiger partial charge in [-0.05, 0) is 71.3 Å². The summed E-state index contributed by atoms with van der Waals surface area (Å²) in [7, 11) is -3.89. The predicted molar refractivity (Wildman–Crippen MR) is 114 cm³/mol. The standard InChI is InChI=1S/C10H10O7S.C5H11N.C5H10O2/c1-5-6(9(11)12)3-4-7(8(5)10(13)14)17-18(2,15)16;1-2-4-6-5-3-1;1-5(2,3)7-4-6/h3-4H,1-2H3,(H,11,12)(H,13,14);6H,1-5H2;4H,1-3H3. The molecule has 1 aromatic carbocycles. The number of carboxylic acids is 2. The van der Waals surface area contributed by atoms with Gasteiger partial charge in [-0.1, -0.05) is 6.42 Å². The second-order valence-electron chi connectivity index (χ2n) is 7.65. The fraction of sp³-hybridized carbons (Fsp3) is 0.550. The first kappa shape index (κ1) is 28.3. The zero-order valence-electron chi connectivity index (χ0n) is 18.4. The van der Waals surface area contributed by atoms with Gasteiger partial charge >= 0.3 is 22.1 Å². The first-order valence-corrected chi connectivity index (χ1v) is 11.3. The first-order chi connectivity index (χ1) is 14.2. The lowest BCUT2D eigenvalue weighted by atomic mass is 10.0. The van der Waals surface area contributed by atoms with E-state index in [2.05, 4.69) is 14.2 Å². The van der Waals surface area contributed by atoms with Gasteiger partial charge in [-0.15, -0.1) is 0 Å². The van der Waals surface area contributed by atoms with Crippen molar-refractivity contribution in [1.29, 1.82) is 0 Å². The minimum Gasteiger partial charge on any atom is -0.478 e. The van der Waals surface area contributed by atoms with Crippen molar-refractivity contribution in [2.75, 3.05) is 19.3 Å². The molecule has 176 valence electrons. The lowest BCUT2D eigenvalue weighted by Gasteiger charge is -2.14. The number of nitrogens with one attached hydrogen (secondary N) is 1. The topological polar surface area (TPSA) is 156 Å². The highest BCUT2D eigenvalue weighted by Crippen LogP contribution is 2.26. The van der Waals surface area contributed by atoms with Crippen LogP contribution in [0.5, 0.6) is 5.75 Å².